The Morgan fingerprint density at radius 3 is 2.10 bits per heavy atom. The highest BCUT2D eigenvalue weighted by Crippen LogP contribution is 2.28. The number of hydrogen-bond donors (Lipinski definition) is 1. The first-order valence-corrected chi connectivity index (χ1v) is 2.82. The summed E-state index contributed by atoms with van der Waals surface area (Å²) in [6, 6.07) is 0. The predicted molar refractivity (Wildman–Crippen MR) is 31.4 cm³/mol. The summed E-state index contributed by atoms with van der Waals surface area (Å²) in [5.41, 5.74) is 0. The Morgan fingerprint density at radius 2 is 2.00 bits per heavy atom. The van der Waals surface area contributed by atoms with Crippen LogP contribution in [-0.4, -0.2) is 17.9 Å². The van der Waals surface area contributed by atoms with E-state index in [0.29, 0.717) is 0 Å². The van der Waals surface area contributed by atoms with Gasteiger partial charge in [0.1, 0.15) is 0 Å². The fourth-order valence-corrected chi connectivity index (χ4v) is 0.554. The van der Waals surface area contributed by atoms with E-state index in [1.165, 1.54) is 0 Å². The molecule has 0 bridgehead atoms. The van der Waals surface area contributed by atoms with E-state index in [1.807, 2.05) is 0 Å². The third-order valence-corrected chi connectivity index (χ3v) is 1.15. The third-order valence-electron chi connectivity index (χ3n) is 1.15. The van der Waals surface area contributed by atoms with Gasteiger partial charge in [0, 0.05) is 6.61 Å². The van der Waals surface area contributed by atoms with Crippen LogP contribution >= 0.6 is 0 Å². The number of halogens is 3. The average molecular weight is 154 g/mol. The molecule has 0 rings (SSSR count). The van der Waals surface area contributed by atoms with Gasteiger partial charge in [0.05, 0.1) is 5.92 Å². The summed E-state index contributed by atoms with van der Waals surface area (Å²) in [5.74, 6) is -1.57. The second kappa shape index (κ2) is 3.61. The molecule has 0 saturated heterocycles. The number of alkyl halides is 3. The van der Waals surface area contributed by atoms with Crippen molar-refractivity contribution < 1.29 is 18.3 Å². The minimum absolute atomic E-state index is 0.299. The molecule has 0 amide bonds. The van der Waals surface area contributed by atoms with E-state index < -0.39 is 18.7 Å². The van der Waals surface area contributed by atoms with Gasteiger partial charge in [-0.05, 0) is 6.42 Å². The highest BCUT2D eigenvalue weighted by molar-refractivity contribution is 4.84. The molecule has 0 aliphatic carbocycles. The first-order valence-electron chi connectivity index (χ1n) is 2.82. The molecular weight excluding hydrogens is 145 g/mol. The molecular formula is C6H9F3O. The van der Waals surface area contributed by atoms with Gasteiger partial charge in [0.2, 0.25) is 0 Å². The predicted octanol–water partition coefficient (Wildman–Crippen LogP) is 1.73. The largest absolute Gasteiger partial charge is 0.396 e. The molecule has 60 valence electrons. The zero-order valence-corrected chi connectivity index (χ0v) is 5.36. The molecule has 10 heavy (non-hydrogen) atoms. The van der Waals surface area contributed by atoms with Crippen LogP contribution in [-0.2, 0) is 0 Å². The van der Waals surface area contributed by atoms with E-state index in [-0.39, 0.29) is 6.42 Å². The van der Waals surface area contributed by atoms with Gasteiger partial charge in [-0.15, -0.1) is 6.58 Å². The highest BCUT2D eigenvalue weighted by atomic mass is 19.4. The van der Waals surface area contributed by atoms with Crippen LogP contribution in [0.3, 0.4) is 0 Å². The smallest absolute Gasteiger partial charge is 0.395 e. The number of allylic oxidation sites excluding steroid dienone is 1. The maximum absolute atomic E-state index is 11.7. The maximum Gasteiger partial charge on any atom is 0.395 e. The van der Waals surface area contributed by atoms with Crippen molar-refractivity contribution in [1.82, 2.24) is 0 Å². The summed E-state index contributed by atoms with van der Waals surface area (Å²) in [6.45, 7) is 2.55. The van der Waals surface area contributed by atoms with E-state index >= 15 is 0 Å². The summed E-state index contributed by atoms with van der Waals surface area (Å²) in [5, 5.41) is 8.18. The topological polar surface area (TPSA) is 20.2 Å². The Balaban J connectivity index is 3.93. The van der Waals surface area contributed by atoms with E-state index in [0.717, 1.165) is 6.08 Å². The molecule has 0 aromatic rings. The van der Waals surface area contributed by atoms with Gasteiger partial charge >= 0.3 is 6.18 Å². The van der Waals surface area contributed by atoms with E-state index in [2.05, 4.69) is 6.58 Å². The van der Waals surface area contributed by atoms with Crippen molar-refractivity contribution in [1.29, 1.82) is 0 Å². The molecule has 0 fully saturated rings. The first-order chi connectivity index (χ1) is 4.52. The molecule has 0 aliphatic rings. The fraction of sp³-hybridized carbons (Fsp3) is 0.667. The van der Waals surface area contributed by atoms with Crippen molar-refractivity contribution in [3.8, 4) is 0 Å². The van der Waals surface area contributed by atoms with Crippen LogP contribution in [0.5, 0.6) is 0 Å². The van der Waals surface area contributed by atoms with Gasteiger partial charge < -0.3 is 5.11 Å². The van der Waals surface area contributed by atoms with Crippen LogP contribution in [0.4, 0.5) is 13.2 Å². The van der Waals surface area contributed by atoms with Crippen molar-refractivity contribution in [3.05, 3.63) is 12.7 Å². The molecule has 0 unspecified atom stereocenters. The standard InChI is InChI=1S/C6H9F3O/c1-2-5(3-4-10)6(7,8)9/h2,5,10H,1,3-4H2/t5-/m1/s1. The number of rotatable bonds is 3. The Bertz CT molecular complexity index is 108. The van der Waals surface area contributed by atoms with Gasteiger partial charge in [-0.3, -0.25) is 0 Å². The molecule has 0 aromatic carbocycles. The summed E-state index contributed by atoms with van der Waals surface area (Å²) in [7, 11) is 0. The molecule has 0 aromatic heterocycles. The summed E-state index contributed by atoms with van der Waals surface area (Å²) < 4.78 is 35.2. The van der Waals surface area contributed by atoms with Gasteiger partial charge in [-0.25, -0.2) is 0 Å². The van der Waals surface area contributed by atoms with Gasteiger partial charge in [-0.1, -0.05) is 6.08 Å². The molecule has 0 heterocycles. The van der Waals surface area contributed by atoms with E-state index in [1.54, 1.807) is 0 Å². The second-order valence-corrected chi connectivity index (χ2v) is 1.90. The van der Waals surface area contributed by atoms with Gasteiger partial charge in [0.25, 0.3) is 0 Å². The summed E-state index contributed by atoms with van der Waals surface area (Å²) in [4.78, 5) is 0. The zero-order valence-electron chi connectivity index (χ0n) is 5.36. The number of aliphatic hydroxyl groups excluding tert-OH is 1. The summed E-state index contributed by atoms with van der Waals surface area (Å²) >= 11 is 0. The van der Waals surface area contributed by atoms with Crippen LogP contribution in [0.2, 0.25) is 0 Å². The molecule has 0 radical (unpaired) electrons. The molecule has 0 aliphatic heterocycles. The molecule has 0 saturated carbocycles. The van der Waals surface area contributed by atoms with E-state index in [9.17, 15) is 13.2 Å². The second-order valence-electron chi connectivity index (χ2n) is 1.90. The van der Waals surface area contributed by atoms with Crippen molar-refractivity contribution in [2.45, 2.75) is 12.6 Å². The first kappa shape index (κ1) is 9.49. The summed E-state index contributed by atoms with van der Waals surface area (Å²) in [6.07, 6.45) is -3.76. The monoisotopic (exact) mass is 154 g/mol. The lowest BCUT2D eigenvalue weighted by Gasteiger charge is -2.14. The van der Waals surface area contributed by atoms with Crippen LogP contribution < -0.4 is 0 Å². The van der Waals surface area contributed by atoms with Crippen molar-refractivity contribution in [2.75, 3.05) is 6.61 Å². The maximum atomic E-state index is 11.7. The number of hydrogen-bond acceptors (Lipinski definition) is 1. The van der Waals surface area contributed by atoms with Crippen LogP contribution in [0.15, 0.2) is 12.7 Å². The minimum atomic E-state index is -4.26. The van der Waals surface area contributed by atoms with Crippen molar-refractivity contribution in [2.24, 2.45) is 5.92 Å². The average Bonchev–Trinajstić information content (AvgIpc) is 1.80. The lowest BCUT2D eigenvalue weighted by Crippen LogP contribution is -2.21. The molecule has 1 N–H and O–H groups in total. The molecule has 1 nitrogen and oxygen atoms in total. The Hall–Kier alpha value is -0.510. The lowest BCUT2D eigenvalue weighted by atomic mass is 10.1. The van der Waals surface area contributed by atoms with Gasteiger partial charge in [-0.2, -0.15) is 13.2 Å². The fourth-order valence-electron chi connectivity index (χ4n) is 0.554. The molecule has 1 atom stereocenters. The Morgan fingerprint density at radius 1 is 1.50 bits per heavy atom. The van der Waals surface area contributed by atoms with Crippen LogP contribution in [0.25, 0.3) is 0 Å². The minimum Gasteiger partial charge on any atom is -0.396 e. The quantitative estimate of drug-likeness (QED) is 0.614. The SMILES string of the molecule is C=C[C@H](CCO)C(F)(F)F. The van der Waals surface area contributed by atoms with Crippen LogP contribution in [0.1, 0.15) is 6.42 Å². The lowest BCUT2D eigenvalue weighted by molar-refractivity contribution is -0.164. The van der Waals surface area contributed by atoms with Crippen molar-refractivity contribution >= 4 is 0 Å². The Labute approximate surface area is 57.2 Å². The van der Waals surface area contributed by atoms with Crippen LogP contribution in [0, 0.1) is 5.92 Å². The zero-order chi connectivity index (χ0) is 8.20. The van der Waals surface area contributed by atoms with E-state index in [4.69, 9.17) is 5.11 Å². The number of aliphatic hydroxyl groups is 1. The normalized spacial score (nSPS) is 14.8. The highest BCUT2D eigenvalue weighted by Gasteiger charge is 2.36. The van der Waals surface area contributed by atoms with Gasteiger partial charge in [0.15, 0.2) is 0 Å². The Kier molecular flexibility index (Phi) is 3.42. The molecule has 4 heteroatoms. The van der Waals surface area contributed by atoms with Crippen molar-refractivity contribution in [3.63, 3.8) is 0 Å². The molecule has 0 spiro atoms. The third kappa shape index (κ3) is 2.87.